The standard InChI is InChI=1S/C21H27N3O3/c1-2-27-18-9-7-16(8-10-18)13-20(25)22-11-12-24-15-23-19(14-21(24)26)17-5-3-4-6-17/h7-10,14-15,17H,2-6,11-13H2,1H3,(H,22,25). The summed E-state index contributed by atoms with van der Waals surface area (Å²) in [6.45, 7) is 3.38. The van der Waals surface area contributed by atoms with Gasteiger partial charge in [0.1, 0.15) is 5.75 Å². The molecule has 0 saturated heterocycles. The van der Waals surface area contributed by atoms with E-state index < -0.39 is 0 Å². The lowest BCUT2D eigenvalue weighted by molar-refractivity contribution is -0.120. The second-order valence-electron chi connectivity index (χ2n) is 6.93. The van der Waals surface area contributed by atoms with Crippen molar-refractivity contribution in [2.75, 3.05) is 13.2 Å². The Bertz CT molecular complexity index is 808. The highest BCUT2D eigenvalue weighted by Crippen LogP contribution is 2.32. The predicted octanol–water partition coefficient (Wildman–Crippen LogP) is 2.66. The highest BCUT2D eigenvalue weighted by atomic mass is 16.5. The first-order valence-electron chi connectivity index (χ1n) is 9.70. The average molecular weight is 369 g/mol. The van der Waals surface area contributed by atoms with Crippen LogP contribution >= 0.6 is 0 Å². The summed E-state index contributed by atoms with van der Waals surface area (Å²) in [6, 6.07) is 9.16. The Balaban J connectivity index is 1.46. The van der Waals surface area contributed by atoms with E-state index in [1.54, 1.807) is 17.0 Å². The van der Waals surface area contributed by atoms with Crippen LogP contribution in [0.4, 0.5) is 0 Å². The minimum absolute atomic E-state index is 0.0485. The summed E-state index contributed by atoms with van der Waals surface area (Å²) in [4.78, 5) is 28.8. The number of nitrogens with zero attached hydrogens (tertiary/aromatic N) is 2. The van der Waals surface area contributed by atoms with Gasteiger partial charge in [-0.2, -0.15) is 0 Å². The fourth-order valence-electron chi connectivity index (χ4n) is 3.49. The van der Waals surface area contributed by atoms with Crippen LogP contribution in [0, 0.1) is 0 Å². The summed E-state index contributed by atoms with van der Waals surface area (Å²) < 4.78 is 6.94. The highest BCUT2D eigenvalue weighted by molar-refractivity contribution is 5.78. The van der Waals surface area contributed by atoms with Gasteiger partial charge in [0.15, 0.2) is 0 Å². The Morgan fingerprint density at radius 2 is 2.00 bits per heavy atom. The summed E-state index contributed by atoms with van der Waals surface area (Å²) in [6.07, 6.45) is 6.59. The number of hydrogen-bond donors (Lipinski definition) is 1. The van der Waals surface area contributed by atoms with Crippen molar-refractivity contribution in [3.63, 3.8) is 0 Å². The maximum atomic E-state index is 12.2. The smallest absolute Gasteiger partial charge is 0.253 e. The van der Waals surface area contributed by atoms with Crippen LogP contribution < -0.4 is 15.6 Å². The van der Waals surface area contributed by atoms with Crippen molar-refractivity contribution >= 4 is 5.91 Å². The summed E-state index contributed by atoms with van der Waals surface area (Å²) >= 11 is 0. The van der Waals surface area contributed by atoms with Crippen molar-refractivity contribution in [2.45, 2.75) is 51.5 Å². The Morgan fingerprint density at radius 1 is 1.26 bits per heavy atom. The molecule has 0 radical (unpaired) electrons. The second kappa shape index (κ2) is 9.35. The molecule has 0 atom stereocenters. The number of rotatable bonds is 8. The van der Waals surface area contributed by atoms with Crippen molar-refractivity contribution in [3.8, 4) is 5.75 Å². The van der Waals surface area contributed by atoms with E-state index >= 15 is 0 Å². The molecule has 1 aliphatic rings. The molecule has 6 heteroatoms. The fraction of sp³-hybridized carbons (Fsp3) is 0.476. The normalized spacial score (nSPS) is 14.3. The van der Waals surface area contributed by atoms with Crippen molar-refractivity contribution in [1.29, 1.82) is 0 Å². The molecule has 1 amide bonds. The van der Waals surface area contributed by atoms with E-state index in [9.17, 15) is 9.59 Å². The monoisotopic (exact) mass is 369 g/mol. The minimum Gasteiger partial charge on any atom is -0.494 e. The van der Waals surface area contributed by atoms with Crippen LogP contribution in [0.3, 0.4) is 0 Å². The van der Waals surface area contributed by atoms with Crippen molar-refractivity contribution < 1.29 is 9.53 Å². The SMILES string of the molecule is CCOc1ccc(CC(=O)NCCn2cnc(C3CCCC3)cc2=O)cc1. The molecule has 1 saturated carbocycles. The number of carbonyl (C=O) groups is 1. The zero-order valence-corrected chi connectivity index (χ0v) is 15.8. The maximum absolute atomic E-state index is 12.2. The first-order chi connectivity index (χ1) is 13.2. The van der Waals surface area contributed by atoms with Gasteiger partial charge in [0.25, 0.3) is 5.56 Å². The lowest BCUT2D eigenvalue weighted by Gasteiger charge is -2.11. The van der Waals surface area contributed by atoms with Gasteiger partial charge in [0.05, 0.1) is 25.0 Å². The number of carbonyl (C=O) groups excluding carboxylic acids is 1. The largest absolute Gasteiger partial charge is 0.494 e. The molecule has 1 fully saturated rings. The number of ether oxygens (including phenoxy) is 1. The van der Waals surface area contributed by atoms with Crippen LogP contribution in [0.25, 0.3) is 0 Å². The Kier molecular flexibility index (Phi) is 6.63. The van der Waals surface area contributed by atoms with E-state index in [-0.39, 0.29) is 11.5 Å². The Labute approximate surface area is 159 Å². The molecule has 0 unspecified atom stereocenters. The number of nitrogens with one attached hydrogen (secondary N) is 1. The highest BCUT2D eigenvalue weighted by Gasteiger charge is 2.18. The fourth-order valence-corrected chi connectivity index (χ4v) is 3.49. The molecule has 144 valence electrons. The molecule has 1 heterocycles. The molecule has 6 nitrogen and oxygen atoms in total. The van der Waals surface area contributed by atoms with Crippen molar-refractivity contribution in [3.05, 3.63) is 58.3 Å². The van der Waals surface area contributed by atoms with Gasteiger partial charge in [-0.05, 0) is 37.5 Å². The number of hydrogen-bond acceptors (Lipinski definition) is 4. The van der Waals surface area contributed by atoms with Gasteiger partial charge in [-0.15, -0.1) is 0 Å². The van der Waals surface area contributed by atoms with Crippen LogP contribution in [0.5, 0.6) is 5.75 Å². The van der Waals surface area contributed by atoms with Crippen LogP contribution in [0.2, 0.25) is 0 Å². The van der Waals surface area contributed by atoms with Gasteiger partial charge >= 0.3 is 0 Å². The summed E-state index contributed by atoms with van der Waals surface area (Å²) in [5.41, 5.74) is 1.79. The Morgan fingerprint density at radius 3 is 2.67 bits per heavy atom. The third-order valence-electron chi connectivity index (χ3n) is 4.95. The predicted molar refractivity (Wildman–Crippen MR) is 104 cm³/mol. The van der Waals surface area contributed by atoms with Crippen molar-refractivity contribution in [1.82, 2.24) is 14.9 Å². The summed E-state index contributed by atoms with van der Waals surface area (Å²) in [5.74, 6) is 1.17. The maximum Gasteiger partial charge on any atom is 0.253 e. The molecule has 27 heavy (non-hydrogen) atoms. The zero-order valence-electron chi connectivity index (χ0n) is 15.8. The number of benzene rings is 1. The average Bonchev–Trinajstić information content (AvgIpc) is 3.20. The topological polar surface area (TPSA) is 73.2 Å². The molecule has 0 spiro atoms. The molecular formula is C21H27N3O3. The molecule has 0 bridgehead atoms. The molecule has 1 aromatic heterocycles. The summed E-state index contributed by atoms with van der Waals surface area (Å²) in [7, 11) is 0. The zero-order chi connectivity index (χ0) is 19.1. The first-order valence-corrected chi connectivity index (χ1v) is 9.70. The quantitative estimate of drug-likeness (QED) is 0.776. The third-order valence-corrected chi connectivity index (χ3v) is 4.95. The minimum atomic E-state index is -0.0669. The van der Waals surface area contributed by atoms with E-state index in [1.807, 2.05) is 31.2 Å². The molecular weight excluding hydrogens is 342 g/mol. The van der Waals surface area contributed by atoms with Gasteiger partial charge < -0.3 is 10.1 Å². The van der Waals surface area contributed by atoms with E-state index in [0.29, 0.717) is 32.0 Å². The van der Waals surface area contributed by atoms with Crippen LogP contribution in [0.15, 0.2) is 41.5 Å². The van der Waals surface area contributed by atoms with Gasteiger partial charge in [-0.25, -0.2) is 4.98 Å². The van der Waals surface area contributed by atoms with Gasteiger partial charge in [0.2, 0.25) is 5.91 Å². The van der Waals surface area contributed by atoms with Gasteiger partial charge in [0, 0.05) is 25.1 Å². The van der Waals surface area contributed by atoms with E-state index in [0.717, 1.165) is 29.8 Å². The second-order valence-corrected chi connectivity index (χ2v) is 6.93. The van der Waals surface area contributed by atoms with E-state index in [2.05, 4.69) is 10.3 Å². The molecule has 3 rings (SSSR count). The van der Waals surface area contributed by atoms with E-state index in [4.69, 9.17) is 4.74 Å². The molecule has 1 aliphatic carbocycles. The lowest BCUT2D eigenvalue weighted by atomic mass is 10.0. The molecule has 2 aromatic rings. The van der Waals surface area contributed by atoms with Gasteiger partial charge in [-0.1, -0.05) is 25.0 Å². The van der Waals surface area contributed by atoms with Crippen LogP contribution in [-0.2, 0) is 17.8 Å². The Hall–Kier alpha value is -2.63. The molecule has 0 aliphatic heterocycles. The third kappa shape index (κ3) is 5.42. The lowest BCUT2D eigenvalue weighted by Crippen LogP contribution is -2.32. The van der Waals surface area contributed by atoms with Crippen LogP contribution in [0.1, 0.15) is 49.8 Å². The van der Waals surface area contributed by atoms with Crippen molar-refractivity contribution in [2.24, 2.45) is 0 Å². The first kappa shape index (κ1) is 19.1. The molecule has 1 N–H and O–H groups in total. The van der Waals surface area contributed by atoms with E-state index in [1.165, 1.54) is 12.8 Å². The number of amides is 1. The number of aromatic nitrogens is 2. The summed E-state index contributed by atoms with van der Waals surface area (Å²) in [5, 5.41) is 2.86. The molecule has 1 aromatic carbocycles. The van der Waals surface area contributed by atoms with Crippen LogP contribution in [-0.4, -0.2) is 28.6 Å². The van der Waals surface area contributed by atoms with Gasteiger partial charge in [-0.3, -0.25) is 14.2 Å².